The molecule has 4 nitrogen and oxygen atoms in total. The van der Waals surface area contributed by atoms with Gasteiger partial charge >= 0.3 is 0 Å². The van der Waals surface area contributed by atoms with Gasteiger partial charge in [-0.05, 0) is 51.2 Å². The van der Waals surface area contributed by atoms with Gasteiger partial charge in [-0.15, -0.1) is 0 Å². The van der Waals surface area contributed by atoms with E-state index in [4.69, 9.17) is 4.98 Å². The van der Waals surface area contributed by atoms with Gasteiger partial charge in [0.15, 0.2) is 5.13 Å². The van der Waals surface area contributed by atoms with E-state index in [-0.39, 0.29) is 5.91 Å². The van der Waals surface area contributed by atoms with Crippen molar-refractivity contribution in [2.45, 2.75) is 27.7 Å². The van der Waals surface area contributed by atoms with Gasteiger partial charge in [-0.2, -0.15) is 0 Å². The molecule has 0 saturated carbocycles. The van der Waals surface area contributed by atoms with Crippen LogP contribution in [-0.2, 0) is 0 Å². The van der Waals surface area contributed by atoms with Crippen LogP contribution in [0.5, 0.6) is 0 Å². The van der Waals surface area contributed by atoms with Gasteiger partial charge in [0, 0.05) is 18.7 Å². The molecule has 0 atom stereocenters. The van der Waals surface area contributed by atoms with Gasteiger partial charge in [-0.3, -0.25) is 9.69 Å². The molecule has 0 aliphatic heterocycles. The fraction of sp³-hybridized carbons (Fsp3) is 0.364. The maximum Gasteiger partial charge on any atom is 0.260 e. The van der Waals surface area contributed by atoms with Crippen LogP contribution in [0, 0.1) is 13.8 Å². The summed E-state index contributed by atoms with van der Waals surface area (Å²) in [4.78, 5) is 22.3. The van der Waals surface area contributed by atoms with Crippen molar-refractivity contribution in [2.75, 3.05) is 31.1 Å². The van der Waals surface area contributed by atoms with Crippen molar-refractivity contribution in [3.8, 4) is 0 Å². The zero-order valence-electron chi connectivity index (χ0n) is 16.5. The van der Waals surface area contributed by atoms with E-state index >= 15 is 0 Å². The van der Waals surface area contributed by atoms with Crippen LogP contribution in [0.15, 0.2) is 42.5 Å². The van der Waals surface area contributed by atoms with Crippen LogP contribution >= 0.6 is 11.3 Å². The Labute approximate surface area is 165 Å². The van der Waals surface area contributed by atoms with E-state index in [1.165, 1.54) is 0 Å². The summed E-state index contributed by atoms with van der Waals surface area (Å²) in [7, 11) is 0. The number of carbonyl (C=O) groups excluding carboxylic acids is 1. The Balaban J connectivity index is 1.96. The molecular weight excluding hydrogens is 354 g/mol. The van der Waals surface area contributed by atoms with Crippen molar-refractivity contribution in [1.29, 1.82) is 0 Å². The number of likely N-dealkylation sites (N-methyl/N-ethyl adjacent to an activating group) is 1. The first-order chi connectivity index (χ1) is 13.0. The molecule has 2 aromatic carbocycles. The molecule has 0 fully saturated rings. The maximum absolute atomic E-state index is 13.4. The molecule has 142 valence electrons. The molecule has 1 heterocycles. The van der Waals surface area contributed by atoms with Crippen molar-refractivity contribution in [2.24, 2.45) is 0 Å². The summed E-state index contributed by atoms with van der Waals surface area (Å²) in [6.07, 6.45) is 0. The summed E-state index contributed by atoms with van der Waals surface area (Å²) in [5, 5.41) is 0.771. The number of thiazole rings is 1. The van der Waals surface area contributed by atoms with Crippen molar-refractivity contribution < 1.29 is 4.79 Å². The number of amides is 1. The number of benzene rings is 2. The minimum absolute atomic E-state index is 0.0213. The molecule has 0 aliphatic rings. The molecule has 1 amide bonds. The van der Waals surface area contributed by atoms with E-state index in [0.29, 0.717) is 6.54 Å². The van der Waals surface area contributed by atoms with E-state index in [1.807, 2.05) is 49.1 Å². The number of nitrogens with zero attached hydrogens (tertiary/aromatic N) is 3. The molecule has 0 bridgehead atoms. The molecule has 27 heavy (non-hydrogen) atoms. The molecule has 0 aliphatic carbocycles. The number of anilines is 1. The van der Waals surface area contributed by atoms with Gasteiger partial charge in [-0.25, -0.2) is 4.98 Å². The second-order valence-corrected chi connectivity index (χ2v) is 7.83. The average molecular weight is 382 g/mol. The molecule has 3 rings (SSSR count). The lowest BCUT2D eigenvalue weighted by atomic mass is 10.1. The van der Waals surface area contributed by atoms with E-state index in [2.05, 4.69) is 30.9 Å². The molecular formula is C22H27N3OS. The van der Waals surface area contributed by atoms with Gasteiger partial charge in [0.25, 0.3) is 5.91 Å². The summed E-state index contributed by atoms with van der Waals surface area (Å²) < 4.78 is 1.11. The Hall–Kier alpha value is -2.24. The smallest absolute Gasteiger partial charge is 0.260 e. The van der Waals surface area contributed by atoms with Gasteiger partial charge in [-0.1, -0.05) is 54.5 Å². The summed E-state index contributed by atoms with van der Waals surface area (Å²) in [6.45, 7) is 11.8. The standard InChI is InChI=1S/C22H27N3OS/c1-5-24(6-2)11-12-25(21(26)18-14-16(3)13-17(4)15-18)22-23-19-9-7-8-10-20(19)27-22/h7-10,13-15H,5-6,11-12H2,1-4H3. The van der Waals surface area contributed by atoms with Crippen molar-refractivity contribution >= 4 is 32.6 Å². The lowest BCUT2D eigenvalue weighted by Gasteiger charge is -2.25. The summed E-state index contributed by atoms with van der Waals surface area (Å²) in [6, 6.07) is 14.1. The average Bonchev–Trinajstić information content (AvgIpc) is 3.08. The van der Waals surface area contributed by atoms with Crippen molar-refractivity contribution in [1.82, 2.24) is 9.88 Å². The molecule has 5 heteroatoms. The Bertz CT molecular complexity index is 877. The molecule has 1 aromatic heterocycles. The predicted molar refractivity (Wildman–Crippen MR) is 115 cm³/mol. The highest BCUT2D eigenvalue weighted by Gasteiger charge is 2.22. The normalized spacial score (nSPS) is 11.3. The number of para-hydroxylation sites is 1. The first kappa shape index (κ1) is 19.5. The van der Waals surface area contributed by atoms with Gasteiger partial charge in [0.2, 0.25) is 0 Å². The topological polar surface area (TPSA) is 36.4 Å². The van der Waals surface area contributed by atoms with Crippen molar-refractivity contribution in [3.05, 3.63) is 59.2 Å². The third-order valence-corrected chi connectivity index (χ3v) is 5.82. The maximum atomic E-state index is 13.4. The molecule has 3 aromatic rings. The lowest BCUT2D eigenvalue weighted by Crippen LogP contribution is -2.39. The number of hydrogen-bond acceptors (Lipinski definition) is 4. The minimum Gasteiger partial charge on any atom is -0.302 e. The highest BCUT2D eigenvalue weighted by Crippen LogP contribution is 2.29. The van der Waals surface area contributed by atoms with Crippen LogP contribution < -0.4 is 4.90 Å². The number of aryl methyl sites for hydroxylation is 2. The fourth-order valence-corrected chi connectivity index (χ4v) is 4.28. The highest BCUT2D eigenvalue weighted by atomic mass is 32.1. The van der Waals surface area contributed by atoms with Crippen molar-refractivity contribution in [3.63, 3.8) is 0 Å². The Morgan fingerprint density at radius 2 is 1.67 bits per heavy atom. The molecule has 0 N–H and O–H groups in total. The Kier molecular flexibility index (Phi) is 6.24. The molecule has 0 saturated heterocycles. The SMILES string of the molecule is CCN(CC)CCN(C(=O)c1cc(C)cc(C)c1)c1nc2ccccc2s1. The van der Waals surface area contributed by atoms with Gasteiger partial charge in [0.1, 0.15) is 0 Å². The fourth-order valence-electron chi connectivity index (χ4n) is 3.29. The number of aromatic nitrogens is 1. The summed E-state index contributed by atoms with van der Waals surface area (Å²) in [5.74, 6) is 0.0213. The first-order valence-electron chi connectivity index (χ1n) is 9.50. The quantitative estimate of drug-likeness (QED) is 0.584. The first-order valence-corrected chi connectivity index (χ1v) is 10.3. The monoisotopic (exact) mass is 381 g/mol. The largest absolute Gasteiger partial charge is 0.302 e. The minimum atomic E-state index is 0.0213. The van der Waals surface area contributed by atoms with Crippen LogP contribution in [0.25, 0.3) is 10.2 Å². The summed E-state index contributed by atoms with van der Waals surface area (Å²) in [5.41, 5.74) is 3.88. The highest BCUT2D eigenvalue weighted by molar-refractivity contribution is 7.22. The van der Waals surface area contributed by atoms with Crippen LogP contribution in [0.1, 0.15) is 35.3 Å². The van der Waals surface area contributed by atoms with Crippen LogP contribution in [0.3, 0.4) is 0 Å². The molecule has 0 spiro atoms. The zero-order chi connectivity index (χ0) is 19.4. The van der Waals surface area contributed by atoms with Crippen LogP contribution in [0.2, 0.25) is 0 Å². The number of fused-ring (bicyclic) bond motifs is 1. The van der Waals surface area contributed by atoms with Gasteiger partial charge in [0.05, 0.1) is 10.2 Å². The molecule has 0 radical (unpaired) electrons. The van der Waals surface area contributed by atoms with E-state index < -0.39 is 0 Å². The van der Waals surface area contributed by atoms with E-state index in [1.54, 1.807) is 11.3 Å². The predicted octanol–water partition coefficient (Wildman–Crippen LogP) is 4.90. The zero-order valence-corrected chi connectivity index (χ0v) is 17.3. The van der Waals surface area contributed by atoms with E-state index in [9.17, 15) is 4.79 Å². The second kappa shape index (κ2) is 8.63. The number of carbonyl (C=O) groups is 1. The van der Waals surface area contributed by atoms with Gasteiger partial charge < -0.3 is 4.90 Å². The third kappa shape index (κ3) is 4.54. The van der Waals surface area contributed by atoms with Crippen LogP contribution in [-0.4, -0.2) is 42.0 Å². The number of hydrogen-bond donors (Lipinski definition) is 0. The Morgan fingerprint density at radius 3 is 2.30 bits per heavy atom. The molecule has 0 unspecified atom stereocenters. The summed E-state index contributed by atoms with van der Waals surface area (Å²) >= 11 is 1.58. The number of rotatable bonds is 7. The van der Waals surface area contributed by atoms with E-state index in [0.717, 1.165) is 51.7 Å². The third-order valence-electron chi connectivity index (χ3n) is 4.76. The van der Waals surface area contributed by atoms with Crippen LogP contribution in [0.4, 0.5) is 5.13 Å². The Morgan fingerprint density at radius 1 is 1.00 bits per heavy atom. The lowest BCUT2D eigenvalue weighted by molar-refractivity contribution is 0.0983. The second-order valence-electron chi connectivity index (χ2n) is 6.82.